The summed E-state index contributed by atoms with van der Waals surface area (Å²) in [6, 6.07) is 12.0. The molecule has 0 radical (unpaired) electrons. The number of nitrogens with zero attached hydrogens (tertiary/aromatic N) is 1. The average molecular weight is 294 g/mol. The topological polar surface area (TPSA) is 47.6 Å². The number of alkyl halides is 3. The van der Waals surface area contributed by atoms with Gasteiger partial charge in [0.1, 0.15) is 12.4 Å². The van der Waals surface area contributed by atoms with Crippen molar-refractivity contribution in [3.63, 3.8) is 0 Å². The number of hydrogen-bond acceptors (Lipinski definition) is 3. The van der Waals surface area contributed by atoms with E-state index >= 15 is 0 Å². The fraction of sp³-hybridized carbons (Fsp3) is 0.133. The quantitative estimate of drug-likeness (QED) is 0.532. The lowest BCUT2D eigenvalue weighted by Gasteiger charge is -2.10. The van der Waals surface area contributed by atoms with Crippen LogP contribution in [0.25, 0.3) is 0 Å². The fourth-order valence-corrected chi connectivity index (χ4v) is 1.74. The third-order valence-corrected chi connectivity index (χ3v) is 2.76. The van der Waals surface area contributed by atoms with Crippen LogP contribution in [0, 0.1) is 0 Å². The molecule has 0 atom stereocenters. The van der Waals surface area contributed by atoms with Gasteiger partial charge in [0.2, 0.25) is 0 Å². The van der Waals surface area contributed by atoms with Crippen LogP contribution in [0.4, 0.5) is 13.2 Å². The van der Waals surface area contributed by atoms with E-state index in [1.165, 1.54) is 12.3 Å². The lowest BCUT2D eigenvalue weighted by atomic mass is 10.1. The summed E-state index contributed by atoms with van der Waals surface area (Å²) in [7, 11) is 0. The van der Waals surface area contributed by atoms with Crippen LogP contribution in [-0.4, -0.2) is 6.21 Å². The fourth-order valence-electron chi connectivity index (χ4n) is 1.74. The maximum Gasteiger partial charge on any atom is 0.416 e. The van der Waals surface area contributed by atoms with Crippen molar-refractivity contribution in [1.29, 1.82) is 0 Å². The van der Waals surface area contributed by atoms with E-state index in [0.29, 0.717) is 11.3 Å². The Morgan fingerprint density at radius 3 is 2.43 bits per heavy atom. The van der Waals surface area contributed by atoms with E-state index in [9.17, 15) is 13.2 Å². The van der Waals surface area contributed by atoms with Gasteiger partial charge in [0.25, 0.3) is 0 Å². The third kappa shape index (κ3) is 4.24. The minimum Gasteiger partial charge on any atom is -0.489 e. The second-order valence-electron chi connectivity index (χ2n) is 4.33. The Bertz CT molecular complexity index is 622. The molecule has 2 aromatic carbocycles. The van der Waals surface area contributed by atoms with Crippen molar-refractivity contribution in [3.05, 3.63) is 65.2 Å². The Kier molecular flexibility index (Phi) is 4.47. The summed E-state index contributed by atoms with van der Waals surface area (Å²) < 4.78 is 43.2. The molecule has 0 saturated heterocycles. The van der Waals surface area contributed by atoms with Gasteiger partial charge in [0.15, 0.2) is 0 Å². The van der Waals surface area contributed by atoms with E-state index < -0.39 is 11.7 Å². The lowest BCUT2D eigenvalue weighted by molar-refractivity contribution is -0.137. The number of hydrogen-bond donors (Lipinski definition) is 1. The Morgan fingerprint density at radius 2 is 1.81 bits per heavy atom. The molecule has 21 heavy (non-hydrogen) atoms. The van der Waals surface area contributed by atoms with E-state index in [4.69, 9.17) is 10.6 Å². The molecule has 0 unspecified atom stereocenters. The van der Waals surface area contributed by atoms with Crippen molar-refractivity contribution in [2.24, 2.45) is 10.9 Å². The van der Waals surface area contributed by atoms with Gasteiger partial charge in [-0.25, -0.2) is 0 Å². The summed E-state index contributed by atoms with van der Waals surface area (Å²) in [6.45, 7) is 0.0637. The van der Waals surface area contributed by atoms with Crippen LogP contribution in [0.3, 0.4) is 0 Å². The SMILES string of the molecule is NN=Cc1ccc(OCc2cccc(C(F)(F)F)c2)cc1. The molecule has 0 heterocycles. The van der Waals surface area contributed by atoms with Gasteiger partial charge in [0, 0.05) is 0 Å². The van der Waals surface area contributed by atoms with Gasteiger partial charge >= 0.3 is 6.18 Å². The zero-order valence-electron chi connectivity index (χ0n) is 11.0. The minimum atomic E-state index is -4.35. The highest BCUT2D eigenvalue weighted by atomic mass is 19.4. The normalized spacial score (nSPS) is 11.8. The van der Waals surface area contributed by atoms with Crippen LogP contribution in [0.5, 0.6) is 5.75 Å². The van der Waals surface area contributed by atoms with Crippen LogP contribution < -0.4 is 10.6 Å². The molecule has 0 aromatic heterocycles. The molecule has 6 heteroatoms. The molecular weight excluding hydrogens is 281 g/mol. The highest BCUT2D eigenvalue weighted by Crippen LogP contribution is 2.29. The first-order valence-electron chi connectivity index (χ1n) is 6.11. The maximum absolute atomic E-state index is 12.6. The molecule has 0 amide bonds. The van der Waals surface area contributed by atoms with Gasteiger partial charge in [-0.2, -0.15) is 18.3 Å². The van der Waals surface area contributed by atoms with Gasteiger partial charge < -0.3 is 10.6 Å². The summed E-state index contributed by atoms with van der Waals surface area (Å²) in [6.07, 6.45) is -2.87. The molecule has 0 aliphatic carbocycles. The number of nitrogens with two attached hydrogens (primary N) is 1. The number of hydrazone groups is 1. The third-order valence-electron chi connectivity index (χ3n) is 2.76. The first-order valence-corrected chi connectivity index (χ1v) is 6.11. The van der Waals surface area contributed by atoms with Crippen molar-refractivity contribution in [2.45, 2.75) is 12.8 Å². The number of rotatable bonds is 4. The van der Waals surface area contributed by atoms with Gasteiger partial charge in [-0.1, -0.05) is 12.1 Å². The van der Waals surface area contributed by atoms with Crippen molar-refractivity contribution < 1.29 is 17.9 Å². The summed E-state index contributed by atoms with van der Waals surface area (Å²) in [5.74, 6) is 5.59. The summed E-state index contributed by atoms with van der Waals surface area (Å²) in [5, 5.41) is 3.39. The standard InChI is InChI=1S/C15H13F3N2O/c16-15(17,18)13-3-1-2-12(8-13)10-21-14-6-4-11(5-7-14)9-20-19/h1-9H,10,19H2. The van der Waals surface area contributed by atoms with Gasteiger partial charge in [-0.15, -0.1) is 0 Å². The van der Waals surface area contributed by atoms with Gasteiger partial charge in [-0.05, 0) is 47.5 Å². The highest BCUT2D eigenvalue weighted by Gasteiger charge is 2.30. The largest absolute Gasteiger partial charge is 0.489 e. The van der Waals surface area contributed by atoms with Crippen molar-refractivity contribution in [1.82, 2.24) is 0 Å². The summed E-state index contributed by atoms with van der Waals surface area (Å²) >= 11 is 0. The molecule has 2 aromatic rings. The second-order valence-corrected chi connectivity index (χ2v) is 4.33. The van der Waals surface area contributed by atoms with Crippen LogP contribution >= 0.6 is 0 Å². The Balaban J connectivity index is 2.03. The van der Waals surface area contributed by atoms with Crippen LogP contribution in [0.2, 0.25) is 0 Å². The predicted octanol–water partition coefficient (Wildman–Crippen LogP) is 3.58. The maximum atomic E-state index is 12.6. The minimum absolute atomic E-state index is 0.0637. The van der Waals surface area contributed by atoms with E-state index in [2.05, 4.69) is 5.10 Å². The van der Waals surface area contributed by atoms with Crippen LogP contribution in [0.15, 0.2) is 53.6 Å². The molecule has 0 aliphatic heterocycles. The lowest BCUT2D eigenvalue weighted by Crippen LogP contribution is -2.06. The molecule has 0 bridgehead atoms. The van der Waals surface area contributed by atoms with Gasteiger partial charge in [0.05, 0.1) is 11.8 Å². The van der Waals surface area contributed by atoms with Crippen molar-refractivity contribution in [3.8, 4) is 5.75 Å². The molecule has 0 spiro atoms. The molecule has 0 aliphatic rings. The zero-order chi connectivity index (χ0) is 15.3. The van der Waals surface area contributed by atoms with Crippen molar-refractivity contribution in [2.75, 3.05) is 0 Å². The number of ether oxygens (including phenoxy) is 1. The number of benzene rings is 2. The summed E-state index contributed by atoms with van der Waals surface area (Å²) in [5.41, 5.74) is 0.583. The molecule has 2 rings (SSSR count). The molecule has 110 valence electrons. The monoisotopic (exact) mass is 294 g/mol. The van der Waals surface area contributed by atoms with Crippen molar-refractivity contribution >= 4 is 6.21 Å². The molecule has 0 saturated carbocycles. The van der Waals surface area contributed by atoms with Crippen LogP contribution in [-0.2, 0) is 12.8 Å². The van der Waals surface area contributed by atoms with E-state index in [0.717, 1.165) is 17.7 Å². The Morgan fingerprint density at radius 1 is 1.10 bits per heavy atom. The predicted molar refractivity (Wildman–Crippen MR) is 74.0 cm³/mol. The zero-order valence-corrected chi connectivity index (χ0v) is 11.0. The molecule has 2 N–H and O–H groups in total. The van der Waals surface area contributed by atoms with E-state index in [1.54, 1.807) is 30.3 Å². The average Bonchev–Trinajstić information content (AvgIpc) is 2.46. The second kappa shape index (κ2) is 6.30. The molecule has 3 nitrogen and oxygen atoms in total. The Labute approximate surface area is 119 Å². The Hall–Kier alpha value is -2.50. The number of halogens is 3. The van der Waals surface area contributed by atoms with Gasteiger partial charge in [-0.3, -0.25) is 0 Å². The molecular formula is C15H13F3N2O. The first-order chi connectivity index (χ1) is 9.99. The summed E-state index contributed by atoms with van der Waals surface area (Å²) in [4.78, 5) is 0. The highest BCUT2D eigenvalue weighted by molar-refractivity contribution is 5.79. The van der Waals surface area contributed by atoms with E-state index in [1.807, 2.05) is 0 Å². The smallest absolute Gasteiger partial charge is 0.416 e. The van der Waals surface area contributed by atoms with E-state index in [-0.39, 0.29) is 6.61 Å². The van der Waals surface area contributed by atoms with Crippen LogP contribution in [0.1, 0.15) is 16.7 Å². The molecule has 0 fully saturated rings. The first kappa shape index (κ1) is 14.9.